The number of hydrogen-bond acceptors (Lipinski definition) is 2. The fraction of sp³-hybridized carbons (Fsp3) is 0.211. The van der Waals surface area contributed by atoms with Gasteiger partial charge in [0.1, 0.15) is 0 Å². The molecule has 1 fully saturated rings. The third-order valence-corrected chi connectivity index (χ3v) is 3.61. The molecule has 0 heterocycles. The number of rotatable bonds is 4. The Hall–Kier alpha value is -2.57. The van der Waals surface area contributed by atoms with Gasteiger partial charge in [-0.05, 0) is 54.8 Å². The van der Waals surface area contributed by atoms with E-state index in [0.29, 0.717) is 6.04 Å². The highest BCUT2D eigenvalue weighted by atomic mass is 16.4. The van der Waals surface area contributed by atoms with Crippen molar-refractivity contribution in [2.75, 3.05) is 0 Å². The molecule has 110 valence electrons. The number of benzene rings is 2. The highest BCUT2D eigenvalue weighted by molar-refractivity contribution is 5.87. The van der Waals surface area contributed by atoms with Crippen LogP contribution in [-0.4, -0.2) is 17.1 Å². The van der Waals surface area contributed by atoms with E-state index in [0.717, 1.165) is 17.7 Å². The first-order valence-electron chi connectivity index (χ1n) is 7.38. The molecular formula is C19H17NO2. The van der Waals surface area contributed by atoms with Crippen molar-refractivity contribution in [3.8, 4) is 11.8 Å². The maximum Gasteiger partial charge on any atom is 0.335 e. The third-order valence-electron chi connectivity index (χ3n) is 3.61. The Bertz CT molecular complexity index is 717. The summed E-state index contributed by atoms with van der Waals surface area (Å²) in [4.78, 5) is 10.8. The van der Waals surface area contributed by atoms with Crippen LogP contribution in [0, 0.1) is 11.8 Å². The van der Waals surface area contributed by atoms with Crippen LogP contribution < -0.4 is 5.32 Å². The van der Waals surface area contributed by atoms with E-state index in [1.54, 1.807) is 24.3 Å². The molecule has 3 heteroatoms. The van der Waals surface area contributed by atoms with Gasteiger partial charge in [0.15, 0.2) is 0 Å². The van der Waals surface area contributed by atoms with Gasteiger partial charge in [-0.3, -0.25) is 0 Å². The largest absolute Gasteiger partial charge is 0.478 e. The standard InChI is InChI=1S/C19H17NO2/c21-19(22)17-9-7-15(8-10-17)2-1-14-3-5-16(6-4-14)13-20-18-11-12-18/h3-10,18,20H,11-13H2,(H,21,22). The SMILES string of the molecule is O=C(O)c1ccc(C#Cc2ccc(CNC3CC3)cc2)cc1. The first-order chi connectivity index (χ1) is 10.7. The van der Waals surface area contributed by atoms with E-state index in [9.17, 15) is 4.79 Å². The average molecular weight is 291 g/mol. The van der Waals surface area contributed by atoms with Gasteiger partial charge < -0.3 is 10.4 Å². The minimum atomic E-state index is -0.921. The molecule has 0 atom stereocenters. The van der Waals surface area contributed by atoms with Crippen LogP contribution in [0.1, 0.15) is 39.9 Å². The second-order valence-electron chi connectivity index (χ2n) is 5.48. The summed E-state index contributed by atoms with van der Waals surface area (Å²) < 4.78 is 0. The smallest absolute Gasteiger partial charge is 0.335 e. The molecule has 2 aromatic rings. The lowest BCUT2D eigenvalue weighted by Gasteiger charge is -2.02. The van der Waals surface area contributed by atoms with Crippen LogP contribution in [-0.2, 0) is 6.54 Å². The Balaban J connectivity index is 1.63. The molecule has 3 rings (SSSR count). The Labute approximate surface area is 130 Å². The molecule has 0 radical (unpaired) electrons. The van der Waals surface area contributed by atoms with Crippen molar-refractivity contribution in [1.29, 1.82) is 0 Å². The van der Waals surface area contributed by atoms with Crippen LogP contribution in [0.5, 0.6) is 0 Å². The number of nitrogens with one attached hydrogen (secondary N) is 1. The molecule has 0 unspecified atom stereocenters. The Kier molecular flexibility index (Phi) is 4.22. The van der Waals surface area contributed by atoms with Crippen LogP contribution in [0.4, 0.5) is 0 Å². The summed E-state index contributed by atoms with van der Waals surface area (Å²) in [6.07, 6.45) is 2.59. The predicted octanol–water partition coefficient (Wildman–Crippen LogP) is 3.04. The van der Waals surface area contributed by atoms with Crippen molar-refractivity contribution >= 4 is 5.97 Å². The van der Waals surface area contributed by atoms with E-state index in [2.05, 4.69) is 29.3 Å². The van der Waals surface area contributed by atoms with E-state index in [4.69, 9.17) is 5.11 Å². The molecule has 1 aliphatic rings. The lowest BCUT2D eigenvalue weighted by molar-refractivity contribution is 0.0697. The zero-order valence-corrected chi connectivity index (χ0v) is 12.2. The molecule has 0 spiro atoms. The molecule has 2 aromatic carbocycles. The van der Waals surface area contributed by atoms with Crippen LogP contribution in [0.3, 0.4) is 0 Å². The molecule has 2 N–H and O–H groups in total. The second-order valence-corrected chi connectivity index (χ2v) is 5.48. The highest BCUT2D eigenvalue weighted by Crippen LogP contribution is 2.19. The molecule has 0 saturated heterocycles. The number of carboxylic acid groups (broad SMARTS) is 1. The van der Waals surface area contributed by atoms with Crippen molar-refractivity contribution in [2.45, 2.75) is 25.4 Å². The molecule has 1 saturated carbocycles. The van der Waals surface area contributed by atoms with Crippen LogP contribution >= 0.6 is 0 Å². The van der Waals surface area contributed by atoms with Crippen LogP contribution in [0.25, 0.3) is 0 Å². The summed E-state index contributed by atoms with van der Waals surface area (Å²) in [7, 11) is 0. The maximum atomic E-state index is 10.8. The molecule has 0 amide bonds. The summed E-state index contributed by atoms with van der Waals surface area (Å²) in [5.41, 5.74) is 3.31. The molecule has 0 aliphatic heterocycles. The monoisotopic (exact) mass is 291 g/mol. The van der Waals surface area contributed by atoms with Crippen LogP contribution in [0.2, 0.25) is 0 Å². The van der Waals surface area contributed by atoms with Gasteiger partial charge in [0.05, 0.1) is 5.56 Å². The predicted molar refractivity (Wildman–Crippen MR) is 85.7 cm³/mol. The minimum Gasteiger partial charge on any atom is -0.478 e. The molecule has 22 heavy (non-hydrogen) atoms. The summed E-state index contributed by atoms with van der Waals surface area (Å²) in [5, 5.41) is 12.3. The molecular weight excluding hydrogens is 274 g/mol. The van der Waals surface area contributed by atoms with Crippen molar-refractivity contribution in [1.82, 2.24) is 5.32 Å². The van der Waals surface area contributed by atoms with Gasteiger partial charge in [0, 0.05) is 23.7 Å². The van der Waals surface area contributed by atoms with Gasteiger partial charge >= 0.3 is 5.97 Å². The topological polar surface area (TPSA) is 49.3 Å². The minimum absolute atomic E-state index is 0.276. The highest BCUT2D eigenvalue weighted by Gasteiger charge is 2.19. The van der Waals surface area contributed by atoms with Crippen molar-refractivity contribution in [3.63, 3.8) is 0 Å². The number of carboxylic acids is 1. The van der Waals surface area contributed by atoms with Gasteiger partial charge in [-0.25, -0.2) is 4.79 Å². The number of carbonyl (C=O) groups is 1. The molecule has 0 aromatic heterocycles. The van der Waals surface area contributed by atoms with E-state index in [1.165, 1.54) is 18.4 Å². The van der Waals surface area contributed by atoms with E-state index in [1.807, 2.05) is 12.1 Å². The lowest BCUT2D eigenvalue weighted by atomic mass is 10.1. The number of aromatic carboxylic acids is 1. The first kappa shape index (κ1) is 14.4. The zero-order chi connectivity index (χ0) is 15.4. The van der Waals surface area contributed by atoms with E-state index < -0.39 is 5.97 Å². The average Bonchev–Trinajstić information content (AvgIpc) is 3.36. The van der Waals surface area contributed by atoms with E-state index >= 15 is 0 Å². The zero-order valence-electron chi connectivity index (χ0n) is 12.2. The fourth-order valence-corrected chi connectivity index (χ4v) is 2.10. The van der Waals surface area contributed by atoms with Crippen molar-refractivity contribution < 1.29 is 9.90 Å². The normalized spacial score (nSPS) is 13.3. The van der Waals surface area contributed by atoms with Crippen molar-refractivity contribution in [2.24, 2.45) is 0 Å². The fourth-order valence-electron chi connectivity index (χ4n) is 2.10. The van der Waals surface area contributed by atoms with Gasteiger partial charge in [-0.1, -0.05) is 24.0 Å². The van der Waals surface area contributed by atoms with Gasteiger partial charge in [0.2, 0.25) is 0 Å². The molecule has 0 bridgehead atoms. The Morgan fingerprint density at radius 3 is 2.05 bits per heavy atom. The number of hydrogen-bond donors (Lipinski definition) is 2. The summed E-state index contributed by atoms with van der Waals surface area (Å²) >= 11 is 0. The second kappa shape index (κ2) is 6.46. The first-order valence-corrected chi connectivity index (χ1v) is 7.38. The van der Waals surface area contributed by atoms with E-state index in [-0.39, 0.29) is 5.56 Å². The Morgan fingerprint density at radius 1 is 1.00 bits per heavy atom. The maximum absolute atomic E-state index is 10.8. The quantitative estimate of drug-likeness (QED) is 0.851. The summed E-state index contributed by atoms with van der Waals surface area (Å²) in [6, 6.07) is 15.5. The Morgan fingerprint density at radius 2 is 1.55 bits per heavy atom. The summed E-state index contributed by atoms with van der Waals surface area (Å²) in [5.74, 6) is 5.22. The van der Waals surface area contributed by atoms with Crippen LogP contribution in [0.15, 0.2) is 48.5 Å². The molecule has 3 nitrogen and oxygen atoms in total. The third kappa shape index (κ3) is 3.97. The lowest BCUT2D eigenvalue weighted by Crippen LogP contribution is -2.15. The van der Waals surface area contributed by atoms with Gasteiger partial charge in [-0.15, -0.1) is 0 Å². The van der Waals surface area contributed by atoms with Crippen molar-refractivity contribution in [3.05, 3.63) is 70.8 Å². The van der Waals surface area contributed by atoms with Gasteiger partial charge in [0.25, 0.3) is 0 Å². The van der Waals surface area contributed by atoms with Gasteiger partial charge in [-0.2, -0.15) is 0 Å². The summed E-state index contributed by atoms with van der Waals surface area (Å²) in [6.45, 7) is 0.912. The molecule has 1 aliphatic carbocycles.